The highest BCUT2D eigenvalue weighted by Crippen LogP contribution is 2.38. The van der Waals surface area contributed by atoms with Gasteiger partial charge in [-0.25, -0.2) is 18.1 Å². The first-order valence-electron chi connectivity index (χ1n) is 12.0. The molecular weight excluding hydrogens is 480 g/mol. The van der Waals surface area contributed by atoms with Crippen LogP contribution < -0.4 is 5.32 Å². The zero-order valence-corrected chi connectivity index (χ0v) is 21.0. The molecule has 0 fully saturated rings. The van der Waals surface area contributed by atoms with Gasteiger partial charge in [-0.15, -0.1) is 0 Å². The maximum atomic E-state index is 14.3. The molecule has 182 valence electrons. The van der Waals surface area contributed by atoms with E-state index in [0.717, 1.165) is 28.2 Å². The Labute approximate surface area is 215 Å². The topological polar surface area (TPSA) is 76.3 Å². The molecule has 0 saturated carbocycles. The molecule has 0 radical (unpaired) electrons. The fourth-order valence-corrected chi connectivity index (χ4v) is 6.13. The molecule has 1 N–H and O–H groups in total. The number of anilines is 1. The van der Waals surface area contributed by atoms with Crippen molar-refractivity contribution in [2.75, 3.05) is 11.9 Å². The van der Waals surface area contributed by atoms with Crippen LogP contribution in [0.1, 0.15) is 11.3 Å². The monoisotopic (exact) mass is 504 g/mol. The number of fused-ring (bicyclic) bond motifs is 1. The number of sulfone groups is 1. The van der Waals surface area contributed by atoms with E-state index in [0.29, 0.717) is 23.6 Å². The predicted octanol–water partition coefficient (Wildman–Crippen LogP) is 6.23. The van der Waals surface area contributed by atoms with E-state index in [4.69, 9.17) is 10.1 Å². The predicted molar refractivity (Wildman–Crippen MR) is 147 cm³/mol. The molecule has 37 heavy (non-hydrogen) atoms. The number of hydrogen-bond acceptors (Lipinski definition) is 5. The maximum absolute atomic E-state index is 14.3. The van der Waals surface area contributed by atoms with Crippen LogP contribution in [0.3, 0.4) is 0 Å². The number of rotatable bonds is 5. The van der Waals surface area contributed by atoms with Crippen molar-refractivity contribution in [3.63, 3.8) is 0 Å². The van der Waals surface area contributed by atoms with E-state index in [1.165, 1.54) is 0 Å². The molecule has 0 aliphatic carbocycles. The molecule has 6 nitrogen and oxygen atoms in total. The van der Waals surface area contributed by atoms with Gasteiger partial charge in [-0.1, -0.05) is 78.4 Å². The molecule has 0 atom stereocenters. The van der Waals surface area contributed by atoms with Gasteiger partial charge in [-0.3, -0.25) is 0 Å². The summed E-state index contributed by atoms with van der Waals surface area (Å²) in [6.45, 7) is 2.37. The molecule has 0 amide bonds. The second kappa shape index (κ2) is 9.19. The van der Waals surface area contributed by atoms with Crippen molar-refractivity contribution >= 4 is 26.9 Å². The van der Waals surface area contributed by atoms with Crippen molar-refractivity contribution in [1.29, 1.82) is 0 Å². The van der Waals surface area contributed by atoms with Gasteiger partial charge in [0.15, 0.2) is 0 Å². The fraction of sp³-hybridized carbons (Fsp3) is 0.0667. The number of aliphatic imine (C=N–C) groups is 1. The van der Waals surface area contributed by atoms with Gasteiger partial charge in [0.1, 0.15) is 10.6 Å². The second-order valence-electron chi connectivity index (χ2n) is 8.89. The van der Waals surface area contributed by atoms with Crippen molar-refractivity contribution in [2.45, 2.75) is 16.7 Å². The number of nitrogens with one attached hydrogen (secondary N) is 1. The first-order valence-corrected chi connectivity index (χ1v) is 13.5. The molecule has 1 aliphatic rings. The first-order chi connectivity index (χ1) is 18.0. The van der Waals surface area contributed by atoms with Crippen molar-refractivity contribution in [1.82, 2.24) is 9.78 Å². The minimum absolute atomic E-state index is 0.144. The van der Waals surface area contributed by atoms with E-state index in [-0.39, 0.29) is 9.79 Å². The Balaban J connectivity index is 1.70. The Bertz CT molecular complexity index is 1720. The van der Waals surface area contributed by atoms with E-state index in [2.05, 4.69) is 5.32 Å². The van der Waals surface area contributed by atoms with Crippen LogP contribution in [-0.2, 0) is 9.84 Å². The maximum Gasteiger partial charge on any atom is 0.211 e. The zero-order valence-electron chi connectivity index (χ0n) is 20.2. The second-order valence-corrected chi connectivity index (χ2v) is 10.8. The van der Waals surface area contributed by atoms with Crippen LogP contribution in [0.25, 0.3) is 16.9 Å². The highest BCUT2D eigenvalue weighted by atomic mass is 32.2. The third-order valence-corrected chi connectivity index (χ3v) is 8.19. The Kier molecular flexibility index (Phi) is 5.70. The van der Waals surface area contributed by atoms with Crippen LogP contribution in [0, 0.1) is 6.92 Å². The molecule has 2 heterocycles. The smallest absolute Gasteiger partial charge is 0.211 e. The number of aryl methyl sites for hydroxylation is 1. The number of benzene rings is 4. The van der Waals surface area contributed by atoms with Crippen molar-refractivity contribution in [3.05, 3.63) is 120 Å². The van der Waals surface area contributed by atoms with E-state index < -0.39 is 9.84 Å². The van der Waals surface area contributed by atoms with E-state index in [9.17, 15) is 8.42 Å². The van der Waals surface area contributed by atoms with Gasteiger partial charge in [-0.2, -0.15) is 5.10 Å². The average Bonchev–Trinajstić information content (AvgIpc) is 3.36. The summed E-state index contributed by atoms with van der Waals surface area (Å²) in [6.07, 6.45) is 0. The van der Waals surface area contributed by atoms with Gasteiger partial charge < -0.3 is 5.32 Å². The summed E-state index contributed by atoms with van der Waals surface area (Å²) in [5.41, 5.74) is 5.68. The average molecular weight is 505 g/mol. The fourth-order valence-electron chi connectivity index (χ4n) is 4.51. The summed E-state index contributed by atoms with van der Waals surface area (Å²) in [7, 11) is -3.96. The van der Waals surface area contributed by atoms with E-state index in [1.54, 1.807) is 35.0 Å². The Hall–Kier alpha value is -4.49. The van der Waals surface area contributed by atoms with Crippen LogP contribution in [0.2, 0.25) is 0 Å². The highest BCUT2D eigenvalue weighted by Gasteiger charge is 2.34. The van der Waals surface area contributed by atoms with Gasteiger partial charge in [0.2, 0.25) is 9.84 Å². The lowest BCUT2D eigenvalue weighted by Crippen LogP contribution is -2.21. The van der Waals surface area contributed by atoms with Gasteiger partial charge in [-0.05, 0) is 43.3 Å². The Morgan fingerprint density at radius 3 is 2.16 bits per heavy atom. The van der Waals surface area contributed by atoms with E-state index in [1.807, 2.05) is 85.8 Å². The Morgan fingerprint density at radius 1 is 0.784 bits per heavy atom. The third-order valence-electron chi connectivity index (χ3n) is 6.37. The van der Waals surface area contributed by atoms with Crippen LogP contribution in [0.4, 0.5) is 11.4 Å². The molecule has 0 unspecified atom stereocenters. The molecule has 1 aliphatic heterocycles. The molecule has 0 saturated heterocycles. The quantitative estimate of drug-likeness (QED) is 0.308. The SMILES string of the molecule is Cc1ccc(-n2nc(C3=Nc4ccccc4NC3)c(S(=O)(=O)c3ccccc3)c2-c2ccccc2)cc1. The number of para-hydroxylation sites is 2. The van der Waals surface area contributed by atoms with Crippen molar-refractivity contribution in [2.24, 2.45) is 4.99 Å². The molecule has 6 rings (SSSR count). The number of nitrogens with zero attached hydrogens (tertiary/aromatic N) is 3. The zero-order chi connectivity index (χ0) is 25.4. The van der Waals surface area contributed by atoms with Gasteiger partial charge in [0.05, 0.1) is 39.9 Å². The van der Waals surface area contributed by atoms with E-state index >= 15 is 0 Å². The van der Waals surface area contributed by atoms with Gasteiger partial charge >= 0.3 is 0 Å². The molecular formula is C30H24N4O2S. The molecule has 0 spiro atoms. The molecule has 4 aromatic carbocycles. The molecule has 5 aromatic rings. The number of hydrogen-bond donors (Lipinski definition) is 1. The van der Waals surface area contributed by atoms with Crippen molar-refractivity contribution in [3.8, 4) is 16.9 Å². The lowest BCUT2D eigenvalue weighted by Gasteiger charge is -2.17. The lowest BCUT2D eigenvalue weighted by atomic mass is 10.1. The molecule has 0 bridgehead atoms. The van der Waals surface area contributed by atoms with Gasteiger partial charge in [0, 0.05) is 5.56 Å². The minimum atomic E-state index is -3.96. The minimum Gasteiger partial charge on any atom is -0.378 e. The Morgan fingerprint density at radius 2 is 1.43 bits per heavy atom. The number of aromatic nitrogens is 2. The first kappa shape index (κ1) is 22.9. The molecule has 1 aromatic heterocycles. The lowest BCUT2D eigenvalue weighted by molar-refractivity contribution is 0.596. The summed E-state index contributed by atoms with van der Waals surface area (Å²) in [5.74, 6) is 0. The largest absolute Gasteiger partial charge is 0.378 e. The van der Waals surface area contributed by atoms with Crippen LogP contribution >= 0.6 is 0 Å². The highest BCUT2D eigenvalue weighted by molar-refractivity contribution is 7.91. The van der Waals surface area contributed by atoms with Crippen molar-refractivity contribution < 1.29 is 8.42 Å². The van der Waals surface area contributed by atoms with Crippen LogP contribution in [-0.4, -0.2) is 30.5 Å². The third kappa shape index (κ3) is 4.13. The summed E-state index contributed by atoms with van der Waals surface area (Å²) in [6, 6.07) is 33.6. The van der Waals surface area contributed by atoms with Crippen LogP contribution in [0.5, 0.6) is 0 Å². The van der Waals surface area contributed by atoms with Gasteiger partial charge in [0.25, 0.3) is 0 Å². The normalized spacial score (nSPS) is 12.9. The molecule has 7 heteroatoms. The van der Waals surface area contributed by atoms with Crippen LogP contribution in [0.15, 0.2) is 124 Å². The summed E-state index contributed by atoms with van der Waals surface area (Å²) in [4.78, 5) is 5.21. The summed E-state index contributed by atoms with van der Waals surface area (Å²) in [5, 5.41) is 8.31. The summed E-state index contributed by atoms with van der Waals surface area (Å²) < 4.78 is 30.3. The summed E-state index contributed by atoms with van der Waals surface area (Å²) >= 11 is 0. The standard InChI is InChI=1S/C30H24N4O2S/c1-21-16-18-23(19-17-21)34-29(22-10-4-2-5-11-22)30(37(35,36)24-12-6-3-7-13-24)28(33-34)27-20-31-25-14-8-9-15-26(25)32-27/h2-19,31H,20H2,1H3.